The Labute approximate surface area is 116 Å². The topological polar surface area (TPSA) is 45.2 Å². The Hall–Kier alpha value is -1.62. The van der Waals surface area contributed by atoms with Gasteiger partial charge in [-0.1, -0.05) is 0 Å². The minimum Gasteiger partial charge on any atom is -0.360 e. The van der Waals surface area contributed by atoms with E-state index in [1.807, 2.05) is 22.4 Å². The number of nitrogens with one attached hydrogen (secondary N) is 1. The maximum absolute atomic E-state index is 12.1. The van der Waals surface area contributed by atoms with Crippen LogP contribution >= 0.6 is 11.3 Å². The van der Waals surface area contributed by atoms with Crippen LogP contribution < -0.4 is 5.32 Å². The van der Waals surface area contributed by atoms with Gasteiger partial charge in [-0.2, -0.15) is 0 Å². The van der Waals surface area contributed by atoms with Gasteiger partial charge in [0.05, 0.1) is 6.54 Å². The molecule has 1 aliphatic heterocycles. The Balaban J connectivity index is 1.65. The summed E-state index contributed by atoms with van der Waals surface area (Å²) in [6.45, 7) is 2.13. The maximum Gasteiger partial charge on any atom is 0.241 e. The molecule has 2 aromatic rings. The van der Waals surface area contributed by atoms with Crippen molar-refractivity contribution in [1.29, 1.82) is 0 Å². The van der Waals surface area contributed by atoms with Crippen molar-refractivity contribution in [3.05, 3.63) is 23.7 Å². The van der Waals surface area contributed by atoms with Gasteiger partial charge in [0, 0.05) is 29.4 Å². The van der Waals surface area contributed by atoms with Crippen molar-refractivity contribution < 1.29 is 4.79 Å². The Morgan fingerprint density at radius 1 is 1.32 bits per heavy atom. The maximum atomic E-state index is 12.1. The predicted octanol–water partition coefficient (Wildman–Crippen LogP) is 2.72. The molecule has 1 fully saturated rings. The Kier molecular flexibility index (Phi) is 3.64. The Morgan fingerprint density at radius 2 is 2.16 bits per heavy atom. The van der Waals surface area contributed by atoms with Gasteiger partial charge in [-0.25, -0.2) is 4.98 Å². The third-order valence-corrected chi connectivity index (χ3v) is 4.38. The number of hydrogen-bond acceptors (Lipinski definition) is 4. The minimum atomic E-state index is 0.175. The molecular formula is C14H17N3OS. The quantitative estimate of drug-likeness (QED) is 0.936. The van der Waals surface area contributed by atoms with Gasteiger partial charge in [-0.05, 0) is 36.8 Å². The number of carbonyl (C=O) groups excluding carboxylic acids is 1. The van der Waals surface area contributed by atoms with Crippen molar-refractivity contribution in [3.63, 3.8) is 0 Å². The smallest absolute Gasteiger partial charge is 0.241 e. The molecule has 19 heavy (non-hydrogen) atoms. The zero-order valence-corrected chi connectivity index (χ0v) is 11.6. The summed E-state index contributed by atoms with van der Waals surface area (Å²) < 4.78 is 1.20. The van der Waals surface area contributed by atoms with Crippen LogP contribution in [0.1, 0.15) is 19.3 Å². The molecule has 0 radical (unpaired) electrons. The summed E-state index contributed by atoms with van der Waals surface area (Å²) in [7, 11) is 0. The van der Waals surface area contributed by atoms with E-state index in [2.05, 4.69) is 10.3 Å². The lowest BCUT2D eigenvalue weighted by molar-refractivity contribution is -0.130. The van der Waals surface area contributed by atoms with E-state index in [9.17, 15) is 4.79 Å². The predicted molar refractivity (Wildman–Crippen MR) is 78.5 cm³/mol. The summed E-state index contributed by atoms with van der Waals surface area (Å²) >= 11 is 1.69. The average molecular weight is 275 g/mol. The summed E-state index contributed by atoms with van der Waals surface area (Å²) in [5, 5.41) is 6.32. The first kappa shape index (κ1) is 12.4. The molecule has 0 aromatic carbocycles. The van der Waals surface area contributed by atoms with Crippen LogP contribution in [0.25, 0.3) is 10.1 Å². The second kappa shape index (κ2) is 5.57. The first-order valence-corrected chi connectivity index (χ1v) is 7.56. The van der Waals surface area contributed by atoms with Crippen LogP contribution in [0.5, 0.6) is 0 Å². The number of thiophene rings is 1. The molecule has 5 heteroatoms. The van der Waals surface area contributed by atoms with Crippen LogP contribution in [0.15, 0.2) is 23.7 Å². The zero-order valence-electron chi connectivity index (χ0n) is 10.8. The second-order valence-corrected chi connectivity index (χ2v) is 5.73. The van der Waals surface area contributed by atoms with E-state index in [0.29, 0.717) is 6.54 Å². The van der Waals surface area contributed by atoms with Gasteiger partial charge >= 0.3 is 0 Å². The summed E-state index contributed by atoms with van der Waals surface area (Å²) in [6, 6.07) is 4.04. The molecule has 3 rings (SSSR count). The number of amides is 1. The van der Waals surface area contributed by atoms with E-state index >= 15 is 0 Å². The molecule has 0 aliphatic carbocycles. The summed E-state index contributed by atoms with van der Waals surface area (Å²) in [6.07, 6.45) is 5.29. The molecule has 1 amide bonds. The molecule has 1 aliphatic rings. The number of rotatable bonds is 3. The lowest BCUT2D eigenvalue weighted by Crippen LogP contribution is -2.39. The molecule has 0 saturated carbocycles. The van der Waals surface area contributed by atoms with Crippen LogP contribution in [-0.2, 0) is 4.79 Å². The fourth-order valence-electron chi connectivity index (χ4n) is 2.45. The van der Waals surface area contributed by atoms with Crippen molar-refractivity contribution in [1.82, 2.24) is 9.88 Å². The highest BCUT2D eigenvalue weighted by atomic mass is 32.1. The molecule has 3 heterocycles. The third-order valence-electron chi connectivity index (χ3n) is 3.50. The number of piperidine rings is 1. The monoisotopic (exact) mass is 275 g/mol. The Morgan fingerprint density at radius 3 is 3.00 bits per heavy atom. The molecule has 0 atom stereocenters. The average Bonchev–Trinajstić information content (AvgIpc) is 2.94. The van der Waals surface area contributed by atoms with Gasteiger partial charge in [-0.15, -0.1) is 11.3 Å². The number of carbonyl (C=O) groups is 1. The van der Waals surface area contributed by atoms with E-state index in [1.54, 1.807) is 17.5 Å². The number of anilines is 1. The normalized spacial score (nSPS) is 15.7. The van der Waals surface area contributed by atoms with Crippen LogP contribution in [0.4, 0.5) is 5.82 Å². The molecule has 0 unspecified atom stereocenters. The van der Waals surface area contributed by atoms with E-state index in [0.717, 1.165) is 37.1 Å². The number of aromatic nitrogens is 1. The van der Waals surface area contributed by atoms with Gasteiger partial charge in [0.1, 0.15) is 5.82 Å². The highest BCUT2D eigenvalue weighted by Crippen LogP contribution is 2.25. The van der Waals surface area contributed by atoms with Crippen LogP contribution in [0.2, 0.25) is 0 Å². The SMILES string of the molecule is O=C(CNc1nccc2sccc12)N1CCCCC1. The van der Waals surface area contributed by atoms with E-state index in [1.165, 1.54) is 11.1 Å². The lowest BCUT2D eigenvalue weighted by atomic mass is 10.1. The highest BCUT2D eigenvalue weighted by molar-refractivity contribution is 7.17. The molecule has 0 spiro atoms. The van der Waals surface area contributed by atoms with E-state index < -0.39 is 0 Å². The molecule has 4 nitrogen and oxygen atoms in total. The summed E-state index contributed by atoms with van der Waals surface area (Å²) in [4.78, 5) is 18.4. The molecular weight excluding hydrogens is 258 g/mol. The van der Waals surface area contributed by atoms with Crippen molar-refractivity contribution >= 4 is 33.1 Å². The fourth-order valence-corrected chi connectivity index (χ4v) is 3.23. The van der Waals surface area contributed by atoms with Crippen LogP contribution in [0.3, 0.4) is 0 Å². The van der Waals surface area contributed by atoms with Crippen LogP contribution in [0, 0.1) is 0 Å². The van der Waals surface area contributed by atoms with Crippen molar-refractivity contribution in [2.45, 2.75) is 19.3 Å². The van der Waals surface area contributed by atoms with Crippen molar-refractivity contribution in [2.24, 2.45) is 0 Å². The van der Waals surface area contributed by atoms with Crippen molar-refractivity contribution in [2.75, 3.05) is 25.0 Å². The highest BCUT2D eigenvalue weighted by Gasteiger charge is 2.16. The second-order valence-electron chi connectivity index (χ2n) is 4.79. The molecule has 2 aromatic heterocycles. The first-order chi connectivity index (χ1) is 9.34. The standard InChI is InChI=1S/C14H17N3OS/c18-13(17-7-2-1-3-8-17)10-16-14-11-5-9-19-12(11)4-6-15-14/h4-6,9H,1-3,7-8,10H2,(H,15,16). The summed E-state index contributed by atoms with van der Waals surface area (Å²) in [5.74, 6) is 0.984. The fraction of sp³-hybridized carbons (Fsp3) is 0.429. The van der Waals surface area contributed by atoms with Crippen LogP contribution in [-0.4, -0.2) is 35.4 Å². The number of pyridine rings is 1. The molecule has 100 valence electrons. The van der Waals surface area contributed by atoms with E-state index in [4.69, 9.17) is 0 Å². The van der Waals surface area contributed by atoms with Gasteiger partial charge in [0.15, 0.2) is 0 Å². The number of nitrogens with zero attached hydrogens (tertiary/aromatic N) is 2. The largest absolute Gasteiger partial charge is 0.360 e. The van der Waals surface area contributed by atoms with Gasteiger partial charge < -0.3 is 10.2 Å². The first-order valence-electron chi connectivity index (χ1n) is 6.68. The van der Waals surface area contributed by atoms with E-state index in [-0.39, 0.29) is 5.91 Å². The van der Waals surface area contributed by atoms with Gasteiger partial charge in [-0.3, -0.25) is 4.79 Å². The lowest BCUT2D eigenvalue weighted by Gasteiger charge is -2.26. The molecule has 0 bridgehead atoms. The van der Waals surface area contributed by atoms with Gasteiger partial charge in [0.2, 0.25) is 5.91 Å². The minimum absolute atomic E-state index is 0.175. The molecule has 1 N–H and O–H groups in total. The number of hydrogen-bond donors (Lipinski definition) is 1. The van der Waals surface area contributed by atoms with Crippen molar-refractivity contribution in [3.8, 4) is 0 Å². The molecule has 1 saturated heterocycles. The Bertz CT molecular complexity index is 575. The summed E-state index contributed by atoms with van der Waals surface area (Å²) in [5.41, 5.74) is 0. The zero-order chi connectivity index (χ0) is 13.1. The third kappa shape index (κ3) is 2.71. The number of likely N-dealkylation sites (tertiary alicyclic amines) is 1. The number of fused-ring (bicyclic) bond motifs is 1. The van der Waals surface area contributed by atoms with Gasteiger partial charge in [0.25, 0.3) is 0 Å².